The molecule has 44 heavy (non-hydrogen) atoms. The van der Waals surface area contributed by atoms with Crippen molar-refractivity contribution >= 4 is 44.1 Å². The van der Waals surface area contributed by atoms with Crippen LogP contribution < -0.4 is 23.7 Å². The fourth-order valence-electron chi connectivity index (χ4n) is 4.67. The Balaban J connectivity index is 1.28. The van der Waals surface area contributed by atoms with Crippen molar-refractivity contribution in [2.75, 3.05) is 65.3 Å². The van der Waals surface area contributed by atoms with Gasteiger partial charge in [-0.1, -0.05) is 6.07 Å². The minimum absolute atomic E-state index is 0.104. The Bertz CT molecular complexity index is 1700. The number of anilines is 1. The van der Waals surface area contributed by atoms with E-state index in [1.165, 1.54) is 11.4 Å². The second kappa shape index (κ2) is 14.1. The molecule has 0 aliphatic carbocycles. The maximum Gasteiger partial charge on any atom is 0.514 e. The number of fused-ring (bicyclic) bond motifs is 1. The number of pyridine rings is 1. The Labute approximate surface area is 260 Å². The van der Waals surface area contributed by atoms with Gasteiger partial charge in [-0.2, -0.15) is 0 Å². The van der Waals surface area contributed by atoms with Crippen molar-refractivity contribution in [3.8, 4) is 28.1 Å². The van der Waals surface area contributed by atoms with Crippen LogP contribution in [0.15, 0.2) is 65.0 Å². The van der Waals surface area contributed by atoms with Crippen LogP contribution in [0.3, 0.4) is 0 Å². The molecule has 1 saturated heterocycles. The molecule has 0 unspecified atom stereocenters. The Hall–Kier alpha value is -4.11. The van der Waals surface area contributed by atoms with Gasteiger partial charge in [0.2, 0.25) is 5.06 Å². The Morgan fingerprint density at radius 1 is 1.02 bits per heavy atom. The molecule has 0 radical (unpaired) electrons. The van der Waals surface area contributed by atoms with Crippen molar-refractivity contribution < 1.29 is 36.9 Å². The van der Waals surface area contributed by atoms with Crippen LogP contribution >= 0.6 is 11.3 Å². The number of nitrogens with one attached hydrogen (secondary N) is 1. The predicted molar refractivity (Wildman–Crippen MR) is 167 cm³/mol. The molecule has 1 aliphatic heterocycles. The summed E-state index contributed by atoms with van der Waals surface area (Å²) < 4.78 is 56.0. The van der Waals surface area contributed by atoms with Gasteiger partial charge in [-0.15, -0.1) is 11.3 Å². The number of rotatable bonds is 12. The number of hydrogen-bond acceptors (Lipinski definition) is 12. The average Bonchev–Trinajstić information content (AvgIpc) is 3.49. The van der Waals surface area contributed by atoms with Gasteiger partial charge in [0.15, 0.2) is 11.5 Å². The summed E-state index contributed by atoms with van der Waals surface area (Å²) in [6.07, 6.45) is 1.52. The van der Waals surface area contributed by atoms with E-state index in [1.807, 2.05) is 12.1 Å². The number of likely N-dealkylation sites (N-methyl/N-ethyl adjacent to an activating group) is 1. The molecule has 2 aromatic heterocycles. The lowest BCUT2D eigenvalue weighted by Crippen LogP contribution is -2.44. The van der Waals surface area contributed by atoms with Gasteiger partial charge in [-0.25, -0.2) is 13.2 Å². The minimum atomic E-state index is -4.08. The summed E-state index contributed by atoms with van der Waals surface area (Å²) in [5.74, 6) is 2.04. The van der Waals surface area contributed by atoms with Crippen molar-refractivity contribution in [2.45, 2.75) is 11.3 Å². The number of methoxy groups -OCH3 is 2. The van der Waals surface area contributed by atoms with E-state index < -0.39 is 16.2 Å². The second-order valence-electron chi connectivity index (χ2n) is 10.0. The third-order valence-electron chi connectivity index (χ3n) is 7.00. The van der Waals surface area contributed by atoms with Crippen LogP contribution in [0.2, 0.25) is 0 Å². The third kappa shape index (κ3) is 7.69. The summed E-state index contributed by atoms with van der Waals surface area (Å²) in [5, 5.41) is 2.09. The van der Waals surface area contributed by atoms with Crippen molar-refractivity contribution in [2.24, 2.45) is 0 Å². The molecule has 14 heteroatoms. The maximum absolute atomic E-state index is 13.1. The van der Waals surface area contributed by atoms with Crippen molar-refractivity contribution in [1.29, 1.82) is 0 Å². The van der Waals surface area contributed by atoms with E-state index >= 15 is 0 Å². The van der Waals surface area contributed by atoms with Crippen molar-refractivity contribution in [3.05, 3.63) is 60.1 Å². The minimum Gasteiger partial charge on any atom is -0.493 e. The Morgan fingerprint density at radius 2 is 1.84 bits per heavy atom. The van der Waals surface area contributed by atoms with Crippen LogP contribution in [-0.2, 0) is 14.8 Å². The normalized spacial score (nSPS) is 14.2. The summed E-state index contributed by atoms with van der Waals surface area (Å²) in [5.41, 5.74) is 0.908. The molecule has 5 rings (SSSR count). The largest absolute Gasteiger partial charge is 0.514 e. The first-order valence-corrected chi connectivity index (χ1v) is 16.3. The zero-order chi connectivity index (χ0) is 31.1. The second-order valence-corrected chi connectivity index (χ2v) is 12.6. The molecule has 1 aliphatic rings. The van der Waals surface area contributed by atoms with Gasteiger partial charge in [-0.05, 0) is 49.2 Å². The zero-order valence-electron chi connectivity index (χ0n) is 24.6. The standard InChI is InChI=1S/C30H34N4O8S2/c1-33-12-14-34(15-13-33)11-5-16-40-27-20-24-23(19-26(27)38-2)25(8-10-31-24)41-22-7-4-6-21(18-22)32-44(36,37)28-9-17-43-29(28)42-30(35)39-3/h4,6-10,17-20,32H,5,11-16H2,1-3H3. The van der Waals surface area contributed by atoms with Crippen molar-refractivity contribution in [3.63, 3.8) is 0 Å². The molecule has 12 nitrogen and oxygen atoms in total. The van der Waals surface area contributed by atoms with E-state index in [9.17, 15) is 13.2 Å². The SMILES string of the molecule is COC(=O)Oc1sccc1S(=O)(=O)Nc1cccc(Oc2ccnc3cc(OCCCN4CCN(C)CC4)c(OC)cc23)c1. The van der Waals surface area contributed by atoms with E-state index in [0.717, 1.165) is 57.6 Å². The van der Waals surface area contributed by atoms with Crippen LogP contribution in [0.1, 0.15) is 6.42 Å². The van der Waals surface area contributed by atoms with E-state index in [1.54, 1.807) is 43.6 Å². The van der Waals surface area contributed by atoms with Crippen LogP contribution in [0, 0.1) is 0 Å². The summed E-state index contributed by atoms with van der Waals surface area (Å²) in [6.45, 7) is 5.83. The molecule has 0 saturated carbocycles. The molecule has 4 aromatic rings. The van der Waals surface area contributed by atoms with Gasteiger partial charge >= 0.3 is 6.16 Å². The van der Waals surface area contributed by atoms with Crippen LogP contribution in [0.25, 0.3) is 10.9 Å². The zero-order valence-corrected chi connectivity index (χ0v) is 26.3. The topological polar surface area (TPSA) is 129 Å². The van der Waals surface area contributed by atoms with Gasteiger partial charge in [0.25, 0.3) is 10.0 Å². The van der Waals surface area contributed by atoms with E-state index in [4.69, 9.17) is 18.9 Å². The van der Waals surface area contributed by atoms with Crippen LogP contribution in [0.5, 0.6) is 28.1 Å². The Kier molecular flexibility index (Phi) is 10.0. The fraction of sp³-hybridized carbons (Fsp3) is 0.333. The first kappa shape index (κ1) is 31.3. The van der Waals surface area contributed by atoms with Gasteiger partial charge in [0, 0.05) is 56.4 Å². The molecule has 0 bridgehead atoms. The molecular formula is C30H34N4O8S2. The Morgan fingerprint density at radius 3 is 2.61 bits per heavy atom. The van der Waals surface area contributed by atoms with Crippen LogP contribution in [0.4, 0.5) is 10.5 Å². The molecule has 0 spiro atoms. The number of hydrogen-bond donors (Lipinski definition) is 1. The highest BCUT2D eigenvalue weighted by atomic mass is 32.2. The number of thiophene rings is 1. The monoisotopic (exact) mass is 642 g/mol. The summed E-state index contributed by atoms with van der Waals surface area (Å²) >= 11 is 0.956. The highest BCUT2D eigenvalue weighted by Crippen LogP contribution is 2.38. The number of benzene rings is 2. The molecule has 2 aromatic carbocycles. The molecule has 0 amide bonds. The number of piperazine rings is 1. The third-order valence-corrected chi connectivity index (χ3v) is 9.32. The highest BCUT2D eigenvalue weighted by molar-refractivity contribution is 7.93. The lowest BCUT2D eigenvalue weighted by molar-refractivity contribution is 0.122. The molecular weight excluding hydrogens is 608 g/mol. The number of sulfonamides is 1. The molecule has 0 atom stereocenters. The summed E-state index contributed by atoms with van der Waals surface area (Å²) in [4.78, 5) is 20.6. The van der Waals surface area contributed by atoms with E-state index in [2.05, 4.69) is 31.3 Å². The van der Waals surface area contributed by atoms with Gasteiger partial charge in [0.05, 0.1) is 32.0 Å². The predicted octanol–water partition coefficient (Wildman–Crippen LogP) is 5.06. The first-order valence-electron chi connectivity index (χ1n) is 13.9. The molecule has 3 heterocycles. The van der Waals surface area contributed by atoms with E-state index in [-0.39, 0.29) is 15.6 Å². The molecule has 1 N–H and O–H groups in total. The van der Waals surface area contributed by atoms with Gasteiger partial charge in [-0.3, -0.25) is 9.71 Å². The number of nitrogens with zero attached hydrogens (tertiary/aromatic N) is 3. The smallest absolute Gasteiger partial charge is 0.493 e. The van der Waals surface area contributed by atoms with Crippen molar-refractivity contribution in [1.82, 2.24) is 14.8 Å². The number of carbonyl (C=O) groups is 1. The summed E-state index contributed by atoms with van der Waals surface area (Å²) in [7, 11) is 0.784. The summed E-state index contributed by atoms with van der Waals surface area (Å²) in [6, 6.07) is 13.2. The van der Waals surface area contributed by atoms with Gasteiger partial charge in [0.1, 0.15) is 16.4 Å². The number of carbonyl (C=O) groups excluding carboxylic acids is 1. The lowest BCUT2D eigenvalue weighted by atomic mass is 10.1. The van der Waals surface area contributed by atoms with Gasteiger partial charge < -0.3 is 33.5 Å². The molecule has 234 valence electrons. The first-order chi connectivity index (χ1) is 21.3. The number of aromatic nitrogens is 1. The fourth-order valence-corrected chi connectivity index (χ4v) is 6.91. The number of ether oxygens (including phenoxy) is 5. The quantitative estimate of drug-likeness (QED) is 0.165. The highest BCUT2D eigenvalue weighted by Gasteiger charge is 2.24. The maximum atomic E-state index is 13.1. The molecule has 1 fully saturated rings. The lowest BCUT2D eigenvalue weighted by Gasteiger charge is -2.32. The van der Waals surface area contributed by atoms with Crippen LogP contribution in [-0.4, -0.2) is 90.0 Å². The van der Waals surface area contributed by atoms with E-state index in [0.29, 0.717) is 40.5 Å². The average molecular weight is 643 g/mol.